The maximum Gasteiger partial charge on any atom is 0.411 e. The fraction of sp³-hybridized carbons (Fsp3) is 0.500. The van der Waals surface area contributed by atoms with Gasteiger partial charge >= 0.3 is 12.1 Å². The summed E-state index contributed by atoms with van der Waals surface area (Å²) in [6, 6.07) is 0.738. The summed E-state index contributed by atoms with van der Waals surface area (Å²) in [6.45, 7) is 6.13. The summed E-state index contributed by atoms with van der Waals surface area (Å²) in [5.41, 5.74) is -0.788. The number of ketones is 1. The molecule has 1 aromatic carbocycles. The van der Waals surface area contributed by atoms with Crippen molar-refractivity contribution < 1.29 is 33.0 Å². The second kappa shape index (κ2) is 7.01. The van der Waals surface area contributed by atoms with Crippen LogP contribution in [0.25, 0.3) is 0 Å². The lowest BCUT2D eigenvalue weighted by Crippen LogP contribution is -2.44. The Morgan fingerprint density at radius 2 is 1.81 bits per heavy atom. The molecule has 0 spiro atoms. The van der Waals surface area contributed by atoms with Crippen LogP contribution in [0.1, 0.15) is 45.7 Å². The Hall–Kier alpha value is -2.51. The molecule has 1 aliphatic rings. The molecule has 1 fully saturated rings. The third kappa shape index (κ3) is 4.00. The van der Waals surface area contributed by atoms with E-state index in [1.165, 1.54) is 13.0 Å². The maximum absolute atomic E-state index is 13.7. The summed E-state index contributed by atoms with van der Waals surface area (Å²) in [4.78, 5) is 37.4. The van der Waals surface area contributed by atoms with Crippen LogP contribution in [0.5, 0.6) is 0 Å². The molecule has 0 radical (unpaired) electrons. The Bertz CT molecular complexity index is 744. The standard InChI is InChI=1S/C18H21F2NO5/c1-9(22)14-8-11(16(23)24)15(10-5-6-12(19)13(20)7-10)21(14)17(25)26-18(2,3)4/h5-7,11,14-15H,8H2,1-4H3,(H,23,24)/t11-,14+,15+/m1/s1. The largest absolute Gasteiger partial charge is 0.481 e. The lowest BCUT2D eigenvalue weighted by Gasteiger charge is -2.32. The number of ether oxygens (including phenoxy) is 1. The lowest BCUT2D eigenvalue weighted by atomic mass is 9.93. The third-order valence-corrected chi connectivity index (χ3v) is 4.17. The molecular weight excluding hydrogens is 348 g/mol. The lowest BCUT2D eigenvalue weighted by molar-refractivity contribution is -0.142. The Balaban J connectivity index is 2.55. The Labute approximate surface area is 149 Å². The number of nitrogens with zero attached hydrogens (tertiary/aromatic N) is 1. The van der Waals surface area contributed by atoms with E-state index in [0.29, 0.717) is 0 Å². The van der Waals surface area contributed by atoms with Gasteiger partial charge in [0.2, 0.25) is 0 Å². The first-order valence-electron chi connectivity index (χ1n) is 8.12. The smallest absolute Gasteiger partial charge is 0.411 e. The molecule has 6 nitrogen and oxygen atoms in total. The predicted octanol–water partition coefficient (Wildman–Crippen LogP) is 3.31. The van der Waals surface area contributed by atoms with Gasteiger partial charge in [-0.05, 0) is 51.8 Å². The summed E-state index contributed by atoms with van der Waals surface area (Å²) in [5.74, 6) is -5.06. The van der Waals surface area contributed by atoms with Crippen molar-refractivity contribution in [3.8, 4) is 0 Å². The van der Waals surface area contributed by atoms with Gasteiger partial charge in [0.1, 0.15) is 5.60 Å². The molecule has 3 atom stereocenters. The second-order valence-electron chi connectivity index (χ2n) is 7.31. The first-order chi connectivity index (χ1) is 11.9. The highest BCUT2D eigenvalue weighted by Gasteiger charge is 2.50. The molecule has 0 aromatic heterocycles. The molecule has 1 saturated heterocycles. The zero-order valence-electron chi connectivity index (χ0n) is 15.0. The van der Waals surface area contributed by atoms with Crippen molar-refractivity contribution in [2.24, 2.45) is 5.92 Å². The Morgan fingerprint density at radius 1 is 1.19 bits per heavy atom. The normalized spacial score (nSPS) is 23.0. The number of likely N-dealkylation sites (tertiary alicyclic amines) is 1. The number of rotatable bonds is 3. The molecule has 0 aliphatic carbocycles. The number of carbonyl (C=O) groups excluding carboxylic acids is 2. The van der Waals surface area contributed by atoms with E-state index in [-0.39, 0.29) is 12.0 Å². The molecule has 0 bridgehead atoms. The highest BCUT2D eigenvalue weighted by Crippen LogP contribution is 2.42. The summed E-state index contributed by atoms with van der Waals surface area (Å²) in [7, 11) is 0. The molecule has 1 heterocycles. The van der Waals surface area contributed by atoms with Crippen LogP contribution < -0.4 is 0 Å². The van der Waals surface area contributed by atoms with E-state index in [0.717, 1.165) is 17.0 Å². The van der Waals surface area contributed by atoms with Crippen LogP contribution in [-0.4, -0.2) is 39.5 Å². The number of hydrogen-bond donors (Lipinski definition) is 1. The van der Waals surface area contributed by atoms with Crippen molar-refractivity contribution in [2.75, 3.05) is 0 Å². The van der Waals surface area contributed by atoms with Crippen LogP contribution >= 0.6 is 0 Å². The molecule has 1 amide bonds. The van der Waals surface area contributed by atoms with E-state index in [4.69, 9.17) is 4.74 Å². The number of amides is 1. The van der Waals surface area contributed by atoms with E-state index in [1.807, 2.05) is 0 Å². The van der Waals surface area contributed by atoms with Crippen LogP contribution in [0, 0.1) is 17.6 Å². The van der Waals surface area contributed by atoms with Gasteiger partial charge in [-0.2, -0.15) is 0 Å². The van der Waals surface area contributed by atoms with E-state index >= 15 is 0 Å². The monoisotopic (exact) mass is 369 g/mol. The number of halogens is 2. The number of hydrogen-bond acceptors (Lipinski definition) is 4. The molecule has 2 rings (SSSR count). The van der Waals surface area contributed by atoms with E-state index in [9.17, 15) is 28.3 Å². The predicted molar refractivity (Wildman–Crippen MR) is 87.4 cm³/mol. The van der Waals surface area contributed by atoms with Crippen LogP contribution in [0.3, 0.4) is 0 Å². The summed E-state index contributed by atoms with van der Waals surface area (Å²) < 4.78 is 32.3. The van der Waals surface area contributed by atoms with Crippen molar-refractivity contribution >= 4 is 17.8 Å². The average Bonchev–Trinajstić information content (AvgIpc) is 2.89. The fourth-order valence-corrected chi connectivity index (χ4v) is 3.11. The number of carboxylic acids is 1. The van der Waals surface area contributed by atoms with Crippen molar-refractivity contribution in [1.29, 1.82) is 0 Å². The van der Waals surface area contributed by atoms with Crippen LogP contribution in [-0.2, 0) is 14.3 Å². The van der Waals surface area contributed by atoms with Crippen molar-refractivity contribution in [2.45, 2.75) is 51.8 Å². The van der Waals surface area contributed by atoms with Gasteiger partial charge in [0.25, 0.3) is 0 Å². The highest BCUT2D eigenvalue weighted by atomic mass is 19.2. The number of aliphatic carboxylic acids is 1. The van der Waals surface area contributed by atoms with Crippen molar-refractivity contribution in [3.05, 3.63) is 35.4 Å². The third-order valence-electron chi connectivity index (χ3n) is 4.17. The topological polar surface area (TPSA) is 83.9 Å². The zero-order chi connectivity index (χ0) is 19.8. The molecule has 142 valence electrons. The van der Waals surface area contributed by atoms with Gasteiger partial charge in [-0.15, -0.1) is 0 Å². The summed E-state index contributed by atoms with van der Waals surface area (Å²) >= 11 is 0. The van der Waals surface area contributed by atoms with Gasteiger partial charge in [-0.25, -0.2) is 13.6 Å². The van der Waals surface area contributed by atoms with Gasteiger partial charge < -0.3 is 9.84 Å². The Morgan fingerprint density at radius 3 is 2.27 bits per heavy atom. The van der Waals surface area contributed by atoms with Gasteiger partial charge in [-0.3, -0.25) is 14.5 Å². The maximum atomic E-state index is 13.7. The van der Waals surface area contributed by atoms with Crippen LogP contribution in [0.4, 0.5) is 13.6 Å². The van der Waals surface area contributed by atoms with Crippen LogP contribution in [0.2, 0.25) is 0 Å². The van der Waals surface area contributed by atoms with Gasteiger partial charge in [-0.1, -0.05) is 6.07 Å². The minimum absolute atomic E-state index is 0.0888. The molecular formula is C18H21F2NO5. The minimum Gasteiger partial charge on any atom is -0.481 e. The summed E-state index contributed by atoms with van der Waals surface area (Å²) in [5, 5.41) is 9.54. The number of carboxylic acid groups (broad SMARTS) is 1. The molecule has 0 unspecified atom stereocenters. The second-order valence-corrected chi connectivity index (χ2v) is 7.31. The quantitative estimate of drug-likeness (QED) is 0.884. The summed E-state index contributed by atoms with van der Waals surface area (Å²) in [6.07, 6.45) is -1.01. The van der Waals surface area contributed by atoms with Crippen LogP contribution in [0.15, 0.2) is 18.2 Å². The molecule has 1 aromatic rings. The highest BCUT2D eigenvalue weighted by molar-refractivity contribution is 5.88. The molecule has 0 saturated carbocycles. The zero-order valence-corrected chi connectivity index (χ0v) is 15.0. The Kier molecular flexibility index (Phi) is 5.34. The van der Waals surface area contributed by atoms with E-state index < -0.39 is 53.1 Å². The number of Topliss-reactive ketones (excluding diaryl/α,β-unsaturated/α-hetero) is 1. The number of carbonyl (C=O) groups is 3. The van der Waals surface area contributed by atoms with Crippen molar-refractivity contribution in [3.63, 3.8) is 0 Å². The first-order valence-corrected chi connectivity index (χ1v) is 8.12. The molecule has 1 N–H and O–H groups in total. The van der Waals surface area contributed by atoms with E-state index in [2.05, 4.69) is 0 Å². The fourth-order valence-electron chi connectivity index (χ4n) is 3.11. The molecule has 26 heavy (non-hydrogen) atoms. The number of benzene rings is 1. The first kappa shape index (κ1) is 19.8. The van der Waals surface area contributed by atoms with Gasteiger partial charge in [0.05, 0.1) is 18.0 Å². The average molecular weight is 369 g/mol. The van der Waals surface area contributed by atoms with Gasteiger partial charge in [0, 0.05) is 0 Å². The molecule has 8 heteroatoms. The van der Waals surface area contributed by atoms with Gasteiger partial charge in [0.15, 0.2) is 17.4 Å². The SMILES string of the molecule is CC(=O)[C@@H]1C[C@@H](C(=O)O)[C@H](c2ccc(F)c(F)c2)N1C(=O)OC(C)(C)C. The van der Waals surface area contributed by atoms with E-state index in [1.54, 1.807) is 20.8 Å². The molecule has 1 aliphatic heterocycles. The minimum atomic E-state index is -1.24. The van der Waals surface area contributed by atoms with Crippen molar-refractivity contribution in [1.82, 2.24) is 4.90 Å².